The first-order chi connectivity index (χ1) is 7.00. The molecular weight excluding hydrogens is 206 g/mol. The number of carboxylic acids is 1. The number of aromatic carboxylic acids is 1. The number of rotatable bonds is 4. The Hall–Kier alpha value is -1.72. The van der Waals surface area contributed by atoms with Crippen molar-refractivity contribution < 1.29 is 18.7 Å². The minimum absolute atomic E-state index is 0.179. The standard InChI is InChI=1S/C9H10F2N2O2/c1-5(8(10)11)13-6-2-3-12-7(4-6)9(14)15/h2-5,8H,1H3,(H,12,13)(H,14,15). The molecule has 0 saturated heterocycles. The van der Waals surface area contributed by atoms with E-state index in [1.165, 1.54) is 25.3 Å². The Morgan fingerprint density at radius 3 is 2.80 bits per heavy atom. The molecule has 1 rings (SSSR count). The first-order valence-electron chi connectivity index (χ1n) is 4.24. The molecule has 0 aliphatic rings. The van der Waals surface area contributed by atoms with Crippen molar-refractivity contribution >= 4 is 11.7 Å². The largest absolute Gasteiger partial charge is 0.477 e. The molecule has 0 aromatic carbocycles. The normalized spacial score (nSPS) is 12.5. The third-order valence-electron chi connectivity index (χ3n) is 1.75. The van der Waals surface area contributed by atoms with Crippen molar-refractivity contribution in [2.75, 3.05) is 5.32 Å². The molecule has 1 heterocycles. The van der Waals surface area contributed by atoms with E-state index in [4.69, 9.17) is 5.11 Å². The quantitative estimate of drug-likeness (QED) is 0.806. The highest BCUT2D eigenvalue weighted by Crippen LogP contribution is 2.12. The van der Waals surface area contributed by atoms with Gasteiger partial charge in [-0.1, -0.05) is 0 Å². The van der Waals surface area contributed by atoms with Gasteiger partial charge in [-0.25, -0.2) is 18.6 Å². The van der Waals surface area contributed by atoms with E-state index in [0.29, 0.717) is 5.69 Å². The summed E-state index contributed by atoms with van der Waals surface area (Å²) in [4.78, 5) is 14.1. The number of hydrogen-bond donors (Lipinski definition) is 2. The van der Waals surface area contributed by atoms with E-state index >= 15 is 0 Å². The average Bonchev–Trinajstić information content (AvgIpc) is 2.18. The van der Waals surface area contributed by atoms with Crippen LogP contribution in [0.5, 0.6) is 0 Å². The van der Waals surface area contributed by atoms with E-state index in [9.17, 15) is 13.6 Å². The molecule has 6 heteroatoms. The van der Waals surface area contributed by atoms with E-state index in [1.807, 2.05) is 0 Å². The summed E-state index contributed by atoms with van der Waals surface area (Å²) in [6.07, 6.45) is -1.25. The summed E-state index contributed by atoms with van der Waals surface area (Å²) >= 11 is 0. The predicted molar refractivity (Wildman–Crippen MR) is 50.3 cm³/mol. The third-order valence-corrected chi connectivity index (χ3v) is 1.75. The summed E-state index contributed by atoms with van der Waals surface area (Å²) < 4.78 is 24.4. The van der Waals surface area contributed by atoms with Crippen LogP contribution in [0.4, 0.5) is 14.5 Å². The maximum absolute atomic E-state index is 12.2. The Morgan fingerprint density at radius 2 is 2.27 bits per heavy atom. The molecule has 0 radical (unpaired) electrons. The number of aromatic nitrogens is 1. The molecule has 0 bridgehead atoms. The van der Waals surface area contributed by atoms with Gasteiger partial charge in [-0.15, -0.1) is 0 Å². The fourth-order valence-corrected chi connectivity index (χ4v) is 0.963. The van der Waals surface area contributed by atoms with Gasteiger partial charge in [0.1, 0.15) is 5.69 Å². The molecule has 0 aliphatic heterocycles. The summed E-state index contributed by atoms with van der Waals surface area (Å²) in [6, 6.07) is 1.61. The van der Waals surface area contributed by atoms with Crippen molar-refractivity contribution in [2.45, 2.75) is 19.4 Å². The molecule has 0 fully saturated rings. The highest BCUT2D eigenvalue weighted by atomic mass is 19.3. The number of anilines is 1. The number of carbonyl (C=O) groups is 1. The van der Waals surface area contributed by atoms with Gasteiger partial charge in [-0.2, -0.15) is 0 Å². The predicted octanol–water partition coefficient (Wildman–Crippen LogP) is 1.85. The Bertz CT molecular complexity index is 358. The highest BCUT2D eigenvalue weighted by molar-refractivity contribution is 5.86. The van der Waals surface area contributed by atoms with Crippen LogP contribution in [0.15, 0.2) is 18.3 Å². The van der Waals surface area contributed by atoms with Crippen LogP contribution in [0.1, 0.15) is 17.4 Å². The SMILES string of the molecule is CC(Nc1ccnc(C(=O)O)c1)C(F)F. The monoisotopic (exact) mass is 216 g/mol. The van der Waals surface area contributed by atoms with Crippen LogP contribution in [0.3, 0.4) is 0 Å². The fourth-order valence-electron chi connectivity index (χ4n) is 0.963. The van der Waals surface area contributed by atoms with Crippen LogP contribution in [0.2, 0.25) is 0 Å². The molecule has 15 heavy (non-hydrogen) atoms. The zero-order valence-electron chi connectivity index (χ0n) is 7.95. The van der Waals surface area contributed by atoms with Gasteiger partial charge in [0.05, 0.1) is 6.04 Å². The van der Waals surface area contributed by atoms with Crippen molar-refractivity contribution in [1.29, 1.82) is 0 Å². The number of alkyl halides is 2. The summed E-state index contributed by atoms with van der Waals surface area (Å²) in [5, 5.41) is 11.1. The van der Waals surface area contributed by atoms with Gasteiger partial charge < -0.3 is 10.4 Å². The van der Waals surface area contributed by atoms with Crippen LogP contribution in [-0.4, -0.2) is 28.5 Å². The smallest absolute Gasteiger partial charge is 0.354 e. The molecule has 0 aliphatic carbocycles. The van der Waals surface area contributed by atoms with Gasteiger partial charge in [0, 0.05) is 11.9 Å². The summed E-state index contributed by atoms with van der Waals surface area (Å²) in [6.45, 7) is 1.31. The van der Waals surface area contributed by atoms with E-state index in [1.54, 1.807) is 0 Å². The first kappa shape index (κ1) is 11.4. The topological polar surface area (TPSA) is 62.2 Å². The van der Waals surface area contributed by atoms with E-state index < -0.39 is 18.4 Å². The molecule has 4 nitrogen and oxygen atoms in total. The minimum Gasteiger partial charge on any atom is -0.477 e. The lowest BCUT2D eigenvalue weighted by Gasteiger charge is -2.13. The maximum Gasteiger partial charge on any atom is 0.354 e. The van der Waals surface area contributed by atoms with Crippen LogP contribution in [-0.2, 0) is 0 Å². The van der Waals surface area contributed by atoms with Crippen LogP contribution < -0.4 is 5.32 Å². The molecule has 0 amide bonds. The van der Waals surface area contributed by atoms with Gasteiger partial charge in [-0.3, -0.25) is 0 Å². The lowest BCUT2D eigenvalue weighted by molar-refractivity contribution is 0.0690. The van der Waals surface area contributed by atoms with Crippen molar-refractivity contribution in [3.8, 4) is 0 Å². The number of carboxylic acid groups (broad SMARTS) is 1. The van der Waals surface area contributed by atoms with Gasteiger partial charge >= 0.3 is 5.97 Å². The van der Waals surface area contributed by atoms with Crippen LogP contribution >= 0.6 is 0 Å². The van der Waals surface area contributed by atoms with Gasteiger partial charge in [0.2, 0.25) is 0 Å². The Morgan fingerprint density at radius 1 is 1.60 bits per heavy atom. The van der Waals surface area contributed by atoms with E-state index in [2.05, 4.69) is 10.3 Å². The number of pyridine rings is 1. The Balaban J connectivity index is 2.78. The lowest BCUT2D eigenvalue weighted by atomic mass is 10.2. The molecule has 1 aromatic heterocycles. The second kappa shape index (κ2) is 4.68. The number of halogens is 2. The molecular formula is C9H10F2N2O2. The third kappa shape index (κ3) is 3.16. The van der Waals surface area contributed by atoms with E-state index in [0.717, 1.165) is 0 Å². The molecule has 1 aromatic rings. The second-order valence-corrected chi connectivity index (χ2v) is 3.00. The van der Waals surface area contributed by atoms with Gasteiger partial charge in [-0.05, 0) is 19.1 Å². The van der Waals surface area contributed by atoms with Crippen molar-refractivity contribution in [3.05, 3.63) is 24.0 Å². The van der Waals surface area contributed by atoms with Crippen molar-refractivity contribution in [3.63, 3.8) is 0 Å². The summed E-state index contributed by atoms with van der Waals surface area (Å²) in [7, 11) is 0. The van der Waals surface area contributed by atoms with Gasteiger partial charge in [0.25, 0.3) is 6.43 Å². The minimum atomic E-state index is -2.51. The molecule has 82 valence electrons. The zero-order valence-corrected chi connectivity index (χ0v) is 7.95. The summed E-state index contributed by atoms with van der Waals surface area (Å²) in [5.41, 5.74) is 0.136. The zero-order chi connectivity index (χ0) is 11.4. The van der Waals surface area contributed by atoms with Crippen molar-refractivity contribution in [2.24, 2.45) is 0 Å². The number of nitrogens with zero attached hydrogens (tertiary/aromatic N) is 1. The van der Waals surface area contributed by atoms with Crippen LogP contribution in [0.25, 0.3) is 0 Å². The highest BCUT2D eigenvalue weighted by Gasteiger charge is 2.14. The molecule has 0 spiro atoms. The number of hydrogen-bond acceptors (Lipinski definition) is 3. The Kier molecular flexibility index (Phi) is 3.54. The molecule has 1 atom stereocenters. The molecule has 0 saturated carbocycles. The molecule has 1 unspecified atom stereocenters. The fraction of sp³-hybridized carbons (Fsp3) is 0.333. The van der Waals surface area contributed by atoms with Gasteiger partial charge in [0.15, 0.2) is 0 Å². The summed E-state index contributed by atoms with van der Waals surface area (Å²) in [5.74, 6) is -1.19. The molecule has 2 N–H and O–H groups in total. The lowest BCUT2D eigenvalue weighted by Crippen LogP contribution is -2.23. The second-order valence-electron chi connectivity index (χ2n) is 3.00. The van der Waals surface area contributed by atoms with E-state index in [-0.39, 0.29) is 5.69 Å². The number of nitrogens with one attached hydrogen (secondary N) is 1. The van der Waals surface area contributed by atoms with Crippen LogP contribution in [0, 0.1) is 0 Å². The Labute approximate surface area is 84.9 Å². The maximum atomic E-state index is 12.2. The first-order valence-corrected chi connectivity index (χ1v) is 4.24. The van der Waals surface area contributed by atoms with Crippen molar-refractivity contribution in [1.82, 2.24) is 4.98 Å². The average molecular weight is 216 g/mol.